The summed E-state index contributed by atoms with van der Waals surface area (Å²) < 4.78 is 0. The van der Waals surface area contributed by atoms with Crippen LogP contribution in [0.25, 0.3) is 10.9 Å². The number of hydrogen-bond donors (Lipinski definition) is 3. The van der Waals surface area contributed by atoms with Crippen molar-refractivity contribution in [3.05, 3.63) is 42.1 Å². The summed E-state index contributed by atoms with van der Waals surface area (Å²) in [5.41, 5.74) is 1.70. The Morgan fingerprint density at radius 3 is 2.74 bits per heavy atom. The summed E-state index contributed by atoms with van der Waals surface area (Å²) in [6.07, 6.45) is 4.43. The van der Waals surface area contributed by atoms with E-state index in [2.05, 4.69) is 25.9 Å². The molecule has 0 unspecified atom stereocenters. The van der Waals surface area contributed by atoms with Gasteiger partial charge in [0, 0.05) is 56.5 Å². The number of benzene rings is 1. The van der Waals surface area contributed by atoms with E-state index < -0.39 is 6.04 Å². The van der Waals surface area contributed by atoms with Gasteiger partial charge >= 0.3 is 0 Å². The Morgan fingerprint density at radius 1 is 1.20 bits per heavy atom. The summed E-state index contributed by atoms with van der Waals surface area (Å²) in [6, 6.07) is 9.36. The number of carbonyl (C=O) groups is 3. The van der Waals surface area contributed by atoms with Crippen molar-refractivity contribution in [2.45, 2.75) is 45.1 Å². The lowest BCUT2D eigenvalue weighted by molar-refractivity contribution is -0.136. The number of nitrogens with zero attached hydrogens (tertiary/aromatic N) is 3. The predicted octanol–water partition coefficient (Wildman–Crippen LogP) is 1.94. The van der Waals surface area contributed by atoms with Gasteiger partial charge < -0.3 is 20.9 Å². The molecule has 35 heavy (non-hydrogen) atoms. The van der Waals surface area contributed by atoms with E-state index in [4.69, 9.17) is 0 Å². The maximum atomic E-state index is 13.1. The number of Topliss-reactive ketones (excluding diaryl/α,β-unsaturated/α-hetero) is 1. The number of nitrogens with one attached hydrogen (secondary N) is 3. The second-order valence-electron chi connectivity index (χ2n) is 9.27. The maximum Gasteiger partial charge on any atom is 0.223 e. The van der Waals surface area contributed by atoms with Gasteiger partial charge in [0.2, 0.25) is 11.8 Å². The lowest BCUT2D eigenvalue weighted by Gasteiger charge is -2.32. The molecule has 0 saturated carbocycles. The predicted molar refractivity (Wildman–Crippen MR) is 135 cm³/mol. The third-order valence-electron chi connectivity index (χ3n) is 6.57. The molecule has 186 valence electrons. The molecule has 9 nitrogen and oxygen atoms in total. The maximum absolute atomic E-state index is 13.1. The van der Waals surface area contributed by atoms with E-state index in [-0.39, 0.29) is 29.9 Å². The first-order valence-corrected chi connectivity index (χ1v) is 12.4. The zero-order chi connectivity index (χ0) is 24.6. The number of likely N-dealkylation sites (tertiary alicyclic amines) is 1. The van der Waals surface area contributed by atoms with Crippen LogP contribution in [-0.4, -0.2) is 66.2 Å². The Bertz CT molecular complexity index is 1090. The summed E-state index contributed by atoms with van der Waals surface area (Å²) in [4.78, 5) is 48.2. The first kappa shape index (κ1) is 24.6. The van der Waals surface area contributed by atoms with Crippen molar-refractivity contribution in [3.63, 3.8) is 0 Å². The van der Waals surface area contributed by atoms with Crippen LogP contribution >= 0.6 is 0 Å². The lowest BCUT2D eigenvalue weighted by Crippen LogP contribution is -2.44. The topological polar surface area (TPSA) is 116 Å². The summed E-state index contributed by atoms with van der Waals surface area (Å²) in [6.45, 7) is 5.04. The van der Waals surface area contributed by atoms with Crippen LogP contribution < -0.4 is 16.0 Å². The van der Waals surface area contributed by atoms with Gasteiger partial charge in [-0.15, -0.1) is 0 Å². The number of piperidine rings is 1. The number of ketones is 1. The van der Waals surface area contributed by atoms with E-state index in [1.54, 1.807) is 6.20 Å². The van der Waals surface area contributed by atoms with Gasteiger partial charge in [0.05, 0.1) is 18.1 Å². The third kappa shape index (κ3) is 6.77. The van der Waals surface area contributed by atoms with Gasteiger partial charge in [-0.1, -0.05) is 18.2 Å². The number of hydrogen-bond acceptors (Lipinski definition) is 7. The van der Waals surface area contributed by atoms with E-state index in [0.717, 1.165) is 41.9 Å². The smallest absolute Gasteiger partial charge is 0.223 e. The minimum Gasteiger partial charge on any atom is -0.356 e. The van der Waals surface area contributed by atoms with Crippen LogP contribution in [0.2, 0.25) is 0 Å². The molecule has 2 aliphatic rings. The van der Waals surface area contributed by atoms with E-state index >= 15 is 0 Å². The monoisotopic (exact) mass is 478 g/mol. The number of guanidine groups is 1. The van der Waals surface area contributed by atoms with Crippen LogP contribution in [0.4, 0.5) is 0 Å². The fourth-order valence-corrected chi connectivity index (χ4v) is 4.62. The molecule has 1 saturated heterocycles. The van der Waals surface area contributed by atoms with Crippen molar-refractivity contribution >= 4 is 34.5 Å². The average molecular weight is 479 g/mol. The third-order valence-corrected chi connectivity index (χ3v) is 6.57. The van der Waals surface area contributed by atoms with Gasteiger partial charge in [-0.05, 0) is 43.9 Å². The van der Waals surface area contributed by atoms with Gasteiger partial charge in [0.1, 0.15) is 5.78 Å². The van der Waals surface area contributed by atoms with Gasteiger partial charge in [-0.2, -0.15) is 0 Å². The fraction of sp³-hybridized carbons (Fsp3) is 0.500. The molecule has 9 heteroatoms. The highest BCUT2D eigenvalue weighted by Crippen LogP contribution is 2.24. The Kier molecular flexibility index (Phi) is 8.28. The minimum absolute atomic E-state index is 0.00847. The van der Waals surface area contributed by atoms with Gasteiger partial charge in [-0.3, -0.25) is 24.4 Å². The second kappa shape index (κ2) is 11.8. The zero-order valence-electron chi connectivity index (χ0n) is 20.3. The molecule has 3 heterocycles. The molecule has 4 rings (SSSR count). The van der Waals surface area contributed by atoms with Crippen molar-refractivity contribution in [2.75, 3.05) is 32.7 Å². The molecular formula is C26H34N6O3. The first-order valence-electron chi connectivity index (χ1n) is 12.4. The summed E-state index contributed by atoms with van der Waals surface area (Å²) >= 11 is 0. The molecule has 1 atom stereocenters. The highest BCUT2D eigenvalue weighted by molar-refractivity contribution is 5.84. The van der Waals surface area contributed by atoms with Crippen molar-refractivity contribution in [2.24, 2.45) is 10.9 Å². The molecule has 1 aromatic heterocycles. The van der Waals surface area contributed by atoms with Crippen LogP contribution in [0.5, 0.6) is 0 Å². The van der Waals surface area contributed by atoms with Gasteiger partial charge in [-0.25, -0.2) is 0 Å². The van der Waals surface area contributed by atoms with Gasteiger partial charge in [0.15, 0.2) is 5.96 Å². The fourth-order valence-electron chi connectivity index (χ4n) is 4.62. The van der Waals surface area contributed by atoms with Crippen molar-refractivity contribution in [1.29, 1.82) is 0 Å². The van der Waals surface area contributed by atoms with Crippen molar-refractivity contribution in [3.8, 4) is 0 Å². The van der Waals surface area contributed by atoms with E-state index in [1.807, 2.05) is 35.2 Å². The van der Waals surface area contributed by atoms with Crippen molar-refractivity contribution < 1.29 is 14.4 Å². The molecule has 3 N–H and O–H groups in total. The molecule has 0 aliphatic carbocycles. The molecule has 2 amide bonds. The average Bonchev–Trinajstić information content (AvgIpc) is 3.39. The highest BCUT2D eigenvalue weighted by Gasteiger charge is 2.29. The zero-order valence-corrected chi connectivity index (χ0v) is 20.3. The number of aliphatic imine (C=N–C) groups is 1. The Labute approximate surface area is 205 Å². The molecule has 2 aromatic rings. The number of carbonyl (C=O) groups excluding carboxylic acids is 3. The molecule has 1 aromatic carbocycles. The largest absolute Gasteiger partial charge is 0.356 e. The van der Waals surface area contributed by atoms with E-state index in [0.29, 0.717) is 38.9 Å². The summed E-state index contributed by atoms with van der Waals surface area (Å²) in [5.74, 6) is 0.713. The van der Waals surface area contributed by atoms with Crippen LogP contribution in [0.15, 0.2) is 41.5 Å². The van der Waals surface area contributed by atoms with Gasteiger partial charge in [0.25, 0.3) is 0 Å². The number of amides is 2. The van der Waals surface area contributed by atoms with Crippen LogP contribution in [-0.2, 0) is 14.4 Å². The Hall–Kier alpha value is -3.49. The van der Waals surface area contributed by atoms with Crippen LogP contribution in [0, 0.1) is 5.92 Å². The van der Waals surface area contributed by atoms with Crippen molar-refractivity contribution in [1.82, 2.24) is 25.8 Å². The number of para-hydroxylation sites is 1. The number of pyridine rings is 1. The number of fused-ring (bicyclic) bond motifs is 1. The summed E-state index contributed by atoms with van der Waals surface area (Å²) in [5, 5.41) is 10.4. The molecule has 1 fully saturated rings. The summed E-state index contributed by atoms with van der Waals surface area (Å²) in [7, 11) is 0. The molecule has 2 aliphatic heterocycles. The quantitative estimate of drug-likeness (QED) is 0.475. The molecule has 0 bridgehead atoms. The van der Waals surface area contributed by atoms with E-state index in [9.17, 15) is 14.4 Å². The Morgan fingerprint density at radius 2 is 2.00 bits per heavy atom. The highest BCUT2D eigenvalue weighted by atomic mass is 16.2. The molecular weight excluding hydrogens is 444 g/mol. The number of aromatic nitrogens is 1. The normalized spacial score (nSPS) is 16.9. The Balaban J connectivity index is 1.26. The SMILES string of the molecule is CC(=O)C[C@H](NC(=O)C1CCN(C(=O)CCCNC2=NCCN2)CC1)c1cnc2ccccc2c1. The molecule has 0 spiro atoms. The lowest BCUT2D eigenvalue weighted by atomic mass is 9.94. The standard InChI is InChI=1S/C26H34N6O3/c1-18(33)15-23(21-16-20-5-2-3-6-22(20)30-17-21)31-25(35)19-8-13-32(14-9-19)24(34)7-4-10-27-26-28-11-12-29-26/h2-3,5-6,16-17,19,23H,4,7-15H2,1H3,(H,31,35)(H2,27,28,29)/t23-/m0/s1. The second-order valence-corrected chi connectivity index (χ2v) is 9.27. The van der Waals surface area contributed by atoms with Crippen LogP contribution in [0.1, 0.15) is 50.6 Å². The molecule has 0 radical (unpaired) electrons. The first-order chi connectivity index (χ1) is 17.0. The minimum atomic E-state index is -0.414. The van der Waals surface area contributed by atoms with E-state index in [1.165, 1.54) is 6.92 Å². The van der Waals surface area contributed by atoms with Crippen LogP contribution in [0.3, 0.4) is 0 Å². The number of rotatable bonds is 9.